The number of nitrogens with one attached hydrogen (secondary N) is 1. The van der Waals surface area contributed by atoms with Crippen LogP contribution in [0.25, 0.3) is 11.0 Å². The number of H-pyrrole nitrogens is 1. The molecule has 1 saturated heterocycles. The van der Waals surface area contributed by atoms with Crippen LogP contribution < -0.4 is 0 Å². The van der Waals surface area contributed by atoms with Gasteiger partial charge in [-0.3, -0.25) is 0 Å². The van der Waals surface area contributed by atoms with Crippen LogP contribution in [0.4, 0.5) is 0 Å². The summed E-state index contributed by atoms with van der Waals surface area (Å²) in [6.07, 6.45) is 4.52. The van der Waals surface area contributed by atoms with Crippen molar-refractivity contribution in [1.82, 2.24) is 14.3 Å². The molecule has 0 saturated carbocycles. The van der Waals surface area contributed by atoms with Crippen molar-refractivity contribution < 1.29 is 8.42 Å². The van der Waals surface area contributed by atoms with Gasteiger partial charge < -0.3 is 4.98 Å². The summed E-state index contributed by atoms with van der Waals surface area (Å²) in [4.78, 5) is 7.43. The van der Waals surface area contributed by atoms with E-state index in [0.717, 1.165) is 30.3 Å². The minimum atomic E-state index is -3.44. The molecule has 2 unspecified atom stereocenters. The number of benzene rings is 1. The maximum absolute atomic E-state index is 12.9. The van der Waals surface area contributed by atoms with E-state index in [1.54, 1.807) is 28.8 Å². The fourth-order valence-corrected chi connectivity index (χ4v) is 4.98. The molecule has 108 valence electrons. The molecule has 2 atom stereocenters. The largest absolute Gasteiger partial charge is 0.345 e. The summed E-state index contributed by atoms with van der Waals surface area (Å²) < 4.78 is 27.4. The van der Waals surface area contributed by atoms with Gasteiger partial charge in [0.15, 0.2) is 0 Å². The first-order valence-corrected chi connectivity index (χ1v) is 8.41. The highest BCUT2D eigenvalue weighted by Gasteiger charge is 2.35. The van der Waals surface area contributed by atoms with Crippen LogP contribution in [0, 0.1) is 0 Å². The Bertz CT molecular complexity index is 713. The predicted molar refractivity (Wildman–Crippen MR) is 77.9 cm³/mol. The van der Waals surface area contributed by atoms with Crippen molar-refractivity contribution in [3.8, 4) is 0 Å². The molecular weight excluding hydrogens is 274 g/mol. The molecule has 1 fully saturated rings. The van der Waals surface area contributed by atoms with Gasteiger partial charge in [0.25, 0.3) is 0 Å². The lowest BCUT2D eigenvalue weighted by molar-refractivity contribution is 0.204. The number of piperidine rings is 1. The van der Waals surface area contributed by atoms with Gasteiger partial charge in [0.2, 0.25) is 10.0 Å². The van der Waals surface area contributed by atoms with E-state index < -0.39 is 10.0 Å². The van der Waals surface area contributed by atoms with Crippen molar-refractivity contribution in [3.05, 3.63) is 24.5 Å². The van der Waals surface area contributed by atoms with Crippen LogP contribution in [-0.4, -0.2) is 34.8 Å². The van der Waals surface area contributed by atoms with Crippen molar-refractivity contribution >= 4 is 21.1 Å². The lowest BCUT2D eigenvalue weighted by Gasteiger charge is -2.37. The van der Waals surface area contributed by atoms with Crippen molar-refractivity contribution in [2.45, 2.75) is 50.1 Å². The summed E-state index contributed by atoms with van der Waals surface area (Å²) in [5, 5.41) is 0. The zero-order valence-electron chi connectivity index (χ0n) is 11.7. The van der Waals surface area contributed by atoms with E-state index in [1.165, 1.54) is 0 Å². The SMILES string of the molecule is CC1CCCC(C)N1S(=O)(=O)c1ccc2nc[nH]c2c1. The highest BCUT2D eigenvalue weighted by molar-refractivity contribution is 7.89. The maximum Gasteiger partial charge on any atom is 0.243 e. The Hall–Kier alpha value is -1.40. The molecule has 1 aliphatic rings. The molecule has 2 aromatic rings. The smallest absolute Gasteiger partial charge is 0.243 e. The molecule has 0 amide bonds. The summed E-state index contributed by atoms with van der Waals surface area (Å²) >= 11 is 0. The van der Waals surface area contributed by atoms with Gasteiger partial charge in [-0.05, 0) is 44.9 Å². The molecule has 20 heavy (non-hydrogen) atoms. The van der Waals surface area contributed by atoms with E-state index in [1.807, 2.05) is 13.8 Å². The van der Waals surface area contributed by atoms with Crippen molar-refractivity contribution in [1.29, 1.82) is 0 Å². The second-order valence-electron chi connectivity index (χ2n) is 5.55. The number of aromatic nitrogens is 2. The topological polar surface area (TPSA) is 66.1 Å². The first-order chi connectivity index (χ1) is 9.50. The molecule has 1 aromatic carbocycles. The molecule has 0 bridgehead atoms. The third-order valence-corrected chi connectivity index (χ3v) is 6.20. The zero-order valence-corrected chi connectivity index (χ0v) is 12.5. The third kappa shape index (κ3) is 2.13. The van der Waals surface area contributed by atoms with Gasteiger partial charge in [-0.1, -0.05) is 6.42 Å². The molecule has 3 rings (SSSR count). The summed E-state index contributed by atoms with van der Waals surface area (Å²) in [5.41, 5.74) is 1.53. The predicted octanol–water partition coefficient (Wildman–Crippen LogP) is 2.51. The number of fused-ring (bicyclic) bond motifs is 1. The normalized spacial score (nSPS) is 25.1. The Kier molecular flexibility index (Phi) is 3.30. The zero-order chi connectivity index (χ0) is 14.3. The molecule has 0 radical (unpaired) electrons. The summed E-state index contributed by atoms with van der Waals surface area (Å²) in [7, 11) is -3.44. The van der Waals surface area contributed by atoms with Crippen molar-refractivity contribution in [3.63, 3.8) is 0 Å². The van der Waals surface area contributed by atoms with Crippen LogP contribution in [0.5, 0.6) is 0 Å². The average molecular weight is 293 g/mol. The van der Waals surface area contributed by atoms with Crippen LogP contribution >= 0.6 is 0 Å². The Morgan fingerprint density at radius 1 is 1.25 bits per heavy atom. The van der Waals surface area contributed by atoms with E-state index >= 15 is 0 Å². The molecule has 0 aliphatic carbocycles. The molecule has 2 heterocycles. The first-order valence-electron chi connectivity index (χ1n) is 6.97. The molecule has 1 aromatic heterocycles. The molecule has 0 spiro atoms. The van der Waals surface area contributed by atoms with Crippen molar-refractivity contribution in [2.75, 3.05) is 0 Å². The Balaban J connectivity index is 2.05. The highest BCUT2D eigenvalue weighted by atomic mass is 32.2. The quantitative estimate of drug-likeness (QED) is 0.925. The number of imidazole rings is 1. The van der Waals surface area contributed by atoms with Crippen LogP contribution in [-0.2, 0) is 10.0 Å². The van der Waals surface area contributed by atoms with Gasteiger partial charge in [0.05, 0.1) is 22.3 Å². The standard InChI is InChI=1S/C14H19N3O2S/c1-10-4-3-5-11(2)17(10)20(18,19)12-6-7-13-14(8-12)16-9-15-13/h6-11H,3-5H2,1-2H3,(H,15,16). The van der Waals surface area contributed by atoms with E-state index in [-0.39, 0.29) is 12.1 Å². The monoisotopic (exact) mass is 293 g/mol. The molecule has 1 N–H and O–H groups in total. The minimum absolute atomic E-state index is 0.0567. The average Bonchev–Trinajstić information content (AvgIpc) is 2.85. The van der Waals surface area contributed by atoms with E-state index in [0.29, 0.717) is 4.90 Å². The van der Waals surface area contributed by atoms with Gasteiger partial charge in [0.1, 0.15) is 0 Å². The third-order valence-electron chi connectivity index (χ3n) is 4.08. The number of aromatic amines is 1. The van der Waals surface area contributed by atoms with Gasteiger partial charge in [-0.2, -0.15) is 4.31 Å². The van der Waals surface area contributed by atoms with E-state index in [2.05, 4.69) is 9.97 Å². The molecular formula is C14H19N3O2S. The van der Waals surface area contributed by atoms with E-state index in [4.69, 9.17) is 0 Å². The number of hydrogen-bond donors (Lipinski definition) is 1. The molecule has 1 aliphatic heterocycles. The van der Waals surface area contributed by atoms with Gasteiger partial charge in [-0.25, -0.2) is 13.4 Å². The number of hydrogen-bond acceptors (Lipinski definition) is 3. The van der Waals surface area contributed by atoms with Gasteiger partial charge in [-0.15, -0.1) is 0 Å². The van der Waals surface area contributed by atoms with Crippen molar-refractivity contribution in [2.24, 2.45) is 0 Å². The Labute approximate surface area is 119 Å². The minimum Gasteiger partial charge on any atom is -0.345 e. The summed E-state index contributed by atoms with van der Waals surface area (Å²) in [5.74, 6) is 0. The number of rotatable bonds is 2. The molecule has 6 heteroatoms. The lowest BCUT2D eigenvalue weighted by atomic mass is 10.0. The van der Waals surface area contributed by atoms with Crippen LogP contribution in [0.15, 0.2) is 29.4 Å². The lowest BCUT2D eigenvalue weighted by Crippen LogP contribution is -2.47. The fourth-order valence-electron chi connectivity index (χ4n) is 3.07. The van der Waals surface area contributed by atoms with E-state index in [9.17, 15) is 8.42 Å². The van der Waals surface area contributed by atoms with Crippen LogP contribution in [0.3, 0.4) is 0 Å². The molecule has 5 nitrogen and oxygen atoms in total. The summed E-state index contributed by atoms with van der Waals surface area (Å²) in [6, 6.07) is 5.18. The number of nitrogens with zero attached hydrogens (tertiary/aromatic N) is 2. The summed E-state index contributed by atoms with van der Waals surface area (Å²) in [6.45, 7) is 3.98. The first kappa shape index (κ1) is 13.6. The second kappa shape index (κ2) is 4.86. The fraction of sp³-hybridized carbons (Fsp3) is 0.500. The van der Waals surface area contributed by atoms with Crippen LogP contribution in [0.2, 0.25) is 0 Å². The van der Waals surface area contributed by atoms with Gasteiger partial charge >= 0.3 is 0 Å². The van der Waals surface area contributed by atoms with Crippen LogP contribution in [0.1, 0.15) is 33.1 Å². The highest BCUT2D eigenvalue weighted by Crippen LogP contribution is 2.30. The maximum atomic E-state index is 12.9. The van der Waals surface area contributed by atoms with Gasteiger partial charge in [0, 0.05) is 12.1 Å². The Morgan fingerprint density at radius 3 is 2.65 bits per heavy atom. The second-order valence-corrected chi connectivity index (χ2v) is 7.39. The Morgan fingerprint density at radius 2 is 1.95 bits per heavy atom. The number of sulfonamides is 1.